The van der Waals surface area contributed by atoms with Crippen LogP contribution in [0.2, 0.25) is 0 Å². The Morgan fingerprint density at radius 1 is 1.35 bits per heavy atom. The van der Waals surface area contributed by atoms with Crippen LogP contribution in [0.15, 0.2) is 0 Å². The minimum Gasteiger partial charge on any atom is -0.447 e. The fraction of sp³-hybridized carbons (Fsp3) is 0.818. The molecule has 6 heteroatoms. The number of piperidine rings is 1. The number of amides is 2. The minimum absolute atomic E-state index is 0.0591. The van der Waals surface area contributed by atoms with Crippen LogP contribution in [0.5, 0.6) is 0 Å². The van der Waals surface area contributed by atoms with Gasteiger partial charge < -0.3 is 20.1 Å². The highest BCUT2D eigenvalue weighted by molar-refractivity contribution is 5.85. The number of carbonyl (C=O) groups excluding carboxylic acids is 2. The van der Waals surface area contributed by atoms with Crippen molar-refractivity contribution in [3.05, 3.63) is 0 Å². The Morgan fingerprint density at radius 3 is 2.59 bits per heavy atom. The molecule has 98 valence electrons. The summed E-state index contributed by atoms with van der Waals surface area (Å²) in [4.78, 5) is 24.9. The van der Waals surface area contributed by atoms with Crippen molar-refractivity contribution in [2.24, 2.45) is 0 Å². The minimum atomic E-state index is -0.670. The first-order valence-electron chi connectivity index (χ1n) is 5.98. The maximum atomic E-state index is 11.9. The summed E-state index contributed by atoms with van der Waals surface area (Å²) in [7, 11) is 0. The number of ether oxygens (including phenoxy) is 1. The van der Waals surface area contributed by atoms with Gasteiger partial charge >= 0.3 is 6.09 Å². The molecule has 17 heavy (non-hydrogen) atoms. The van der Waals surface area contributed by atoms with Crippen LogP contribution in [0.4, 0.5) is 4.79 Å². The van der Waals surface area contributed by atoms with E-state index in [1.54, 1.807) is 11.8 Å². The molecule has 0 aliphatic carbocycles. The summed E-state index contributed by atoms with van der Waals surface area (Å²) in [6.07, 6.45) is 2.53. The van der Waals surface area contributed by atoms with E-state index in [9.17, 15) is 9.59 Å². The second kappa shape index (κ2) is 7.11. The number of likely N-dealkylation sites (tertiary alicyclic amines) is 1. The van der Waals surface area contributed by atoms with Crippen LogP contribution in [0, 0.1) is 0 Å². The standard InChI is InChI=1S/C11H20N2O4/c1-9(12-11(16)17-8-7-14)10(15)13-5-3-2-4-6-13/h9,14H,2-8H2,1H3,(H,12,16). The van der Waals surface area contributed by atoms with Gasteiger partial charge in [-0.2, -0.15) is 0 Å². The zero-order valence-electron chi connectivity index (χ0n) is 10.1. The van der Waals surface area contributed by atoms with E-state index < -0.39 is 12.1 Å². The highest BCUT2D eigenvalue weighted by Gasteiger charge is 2.23. The smallest absolute Gasteiger partial charge is 0.407 e. The Kier molecular flexibility index (Phi) is 5.76. The van der Waals surface area contributed by atoms with Crippen LogP contribution in [0.3, 0.4) is 0 Å². The number of hydrogen-bond acceptors (Lipinski definition) is 4. The maximum absolute atomic E-state index is 11.9. The van der Waals surface area contributed by atoms with Gasteiger partial charge in [0.15, 0.2) is 0 Å². The van der Waals surface area contributed by atoms with E-state index in [1.807, 2.05) is 0 Å². The number of alkyl carbamates (subject to hydrolysis) is 1. The SMILES string of the molecule is CC(NC(=O)OCCO)C(=O)N1CCCCC1. The molecule has 1 heterocycles. The van der Waals surface area contributed by atoms with Crippen molar-refractivity contribution in [3.8, 4) is 0 Å². The molecule has 0 aromatic carbocycles. The number of nitrogens with zero attached hydrogens (tertiary/aromatic N) is 1. The van der Waals surface area contributed by atoms with E-state index in [4.69, 9.17) is 5.11 Å². The lowest BCUT2D eigenvalue weighted by Crippen LogP contribution is -2.48. The summed E-state index contributed by atoms with van der Waals surface area (Å²) >= 11 is 0. The van der Waals surface area contributed by atoms with Crippen molar-refractivity contribution in [1.29, 1.82) is 0 Å². The molecule has 1 fully saturated rings. The van der Waals surface area contributed by atoms with E-state index in [0.717, 1.165) is 32.4 Å². The summed E-state index contributed by atoms with van der Waals surface area (Å²) in [6.45, 7) is 2.88. The summed E-state index contributed by atoms with van der Waals surface area (Å²) in [5, 5.41) is 10.9. The van der Waals surface area contributed by atoms with E-state index >= 15 is 0 Å². The van der Waals surface area contributed by atoms with Crippen molar-refractivity contribution >= 4 is 12.0 Å². The van der Waals surface area contributed by atoms with Gasteiger partial charge in [-0.3, -0.25) is 4.79 Å². The molecule has 1 atom stereocenters. The van der Waals surface area contributed by atoms with Crippen molar-refractivity contribution in [3.63, 3.8) is 0 Å². The zero-order chi connectivity index (χ0) is 12.7. The van der Waals surface area contributed by atoms with Gasteiger partial charge in [0.1, 0.15) is 12.6 Å². The average Bonchev–Trinajstić information content (AvgIpc) is 2.36. The average molecular weight is 244 g/mol. The van der Waals surface area contributed by atoms with Gasteiger partial charge in [-0.25, -0.2) is 4.79 Å². The monoisotopic (exact) mass is 244 g/mol. The molecule has 0 spiro atoms. The van der Waals surface area contributed by atoms with Crippen LogP contribution in [-0.2, 0) is 9.53 Å². The van der Waals surface area contributed by atoms with Crippen molar-refractivity contribution in [1.82, 2.24) is 10.2 Å². The van der Waals surface area contributed by atoms with E-state index in [2.05, 4.69) is 10.1 Å². The van der Waals surface area contributed by atoms with E-state index in [1.165, 1.54) is 0 Å². The van der Waals surface area contributed by atoms with Crippen molar-refractivity contribution < 1.29 is 19.4 Å². The van der Waals surface area contributed by atoms with Gasteiger partial charge in [0.2, 0.25) is 5.91 Å². The number of nitrogens with one attached hydrogen (secondary N) is 1. The maximum Gasteiger partial charge on any atom is 0.407 e. The molecule has 1 rings (SSSR count). The Bertz CT molecular complexity index is 264. The normalized spacial score (nSPS) is 17.4. The lowest BCUT2D eigenvalue weighted by molar-refractivity contribution is -0.133. The number of hydrogen-bond donors (Lipinski definition) is 2. The fourth-order valence-electron chi connectivity index (χ4n) is 1.81. The van der Waals surface area contributed by atoms with E-state index in [0.29, 0.717) is 0 Å². The Balaban J connectivity index is 2.32. The van der Waals surface area contributed by atoms with Crippen LogP contribution in [-0.4, -0.2) is 54.4 Å². The third-order valence-electron chi connectivity index (χ3n) is 2.70. The molecule has 2 N–H and O–H groups in total. The zero-order valence-corrected chi connectivity index (χ0v) is 10.1. The van der Waals surface area contributed by atoms with Gasteiger partial charge in [-0.15, -0.1) is 0 Å². The first-order chi connectivity index (χ1) is 8.15. The van der Waals surface area contributed by atoms with Crippen molar-refractivity contribution in [2.45, 2.75) is 32.2 Å². The summed E-state index contributed by atoms with van der Waals surface area (Å²) in [5.74, 6) is -0.0781. The molecule has 1 aliphatic heterocycles. The largest absolute Gasteiger partial charge is 0.447 e. The van der Waals surface area contributed by atoms with Gasteiger partial charge in [0.25, 0.3) is 0 Å². The van der Waals surface area contributed by atoms with Crippen LogP contribution in [0.1, 0.15) is 26.2 Å². The summed E-state index contributed by atoms with van der Waals surface area (Å²) < 4.78 is 4.63. The Hall–Kier alpha value is -1.30. The lowest BCUT2D eigenvalue weighted by Gasteiger charge is -2.29. The number of aliphatic hydroxyl groups excluding tert-OH is 1. The van der Waals surface area contributed by atoms with Gasteiger partial charge in [-0.1, -0.05) is 0 Å². The number of aliphatic hydroxyl groups is 1. The van der Waals surface area contributed by atoms with Crippen LogP contribution in [0.25, 0.3) is 0 Å². The number of carbonyl (C=O) groups is 2. The lowest BCUT2D eigenvalue weighted by atomic mass is 10.1. The quantitative estimate of drug-likeness (QED) is 0.735. The number of rotatable bonds is 4. The first-order valence-corrected chi connectivity index (χ1v) is 5.98. The third kappa shape index (κ3) is 4.60. The topological polar surface area (TPSA) is 78.9 Å². The summed E-state index contributed by atoms with van der Waals surface area (Å²) in [5.41, 5.74) is 0. The highest BCUT2D eigenvalue weighted by Crippen LogP contribution is 2.09. The van der Waals surface area contributed by atoms with Crippen molar-refractivity contribution in [2.75, 3.05) is 26.3 Å². The molecular weight excluding hydrogens is 224 g/mol. The van der Waals surface area contributed by atoms with Crippen LogP contribution < -0.4 is 5.32 Å². The molecule has 6 nitrogen and oxygen atoms in total. The van der Waals surface area contributed by atoms with Gasteiger partial charge in [0, 0.05) is 13.1 Å². The molecule has 0 aromatic rings. The fourth-order valence-corrected chi connectivity index (χ4v) is 1.81. The second-order valence-corrected chi connectivity index (χ2v) is 4.11. The van der Waals surface area contributed by atoms with Gasteiger partial charge in [-0.05, 0) is 26.2 Å². The predicted octanol–water partition coefficient (Wildman–Crippen LogP) is 0.106. The first kappa shape index (κ1) is 13.8. The molecular formula is C11H20N2O4. The molecule has 1 saturated heterocycles. The molecule has 0 aromatic heterocycles. The molecule has 1 aliphatic rings. The predicted molar refractivity (Wildman–Crippen MR) is 61.5 cm³/mol. The third-order valence-corrected chi connectivity index (χ3v) is 2.70. The molecule has 2 amide bonds. The molecule has 0 bridgehead atoms. The molecule has 0 saturated carbocycles. The second-order valence-electron chi connectivity index (χ2n) is 4.11. The molecule has 0 radical (unpaired) electrons. The Labute approximate surface area is 101 Å². The summed E-state index contributed by atoms with van der Waals surface area (Å²) in [6, 6.07) is -0.584. The highest BCUT2D eigenvalue weighted by atomic mass is 16.6. The van der Waals surface area contributed by atoms with E-state index in [-0.39, 0.29) is 19.1 Å². The molecule has 1 unspecified atom stereocenters. The van der Waals surface area contributed by atoms with Gasteiger partial charge in [0.05, 0.1) is 6.61 Å². The Morgan fingerprint density at radius 2 is 2.00 bits per heavy atom. The van der Waals surface area contributed by atoms with Crippen LogP contribution >= 0.6 is 0 Å².